The average molecular weight is 499 g/mol. The molecule has 0 spiro atoms. The second kappa shape index (κ2) is 10.8. The number of hydrogen-bond donors (Lipinski definition) is 3. The van der Waals surface area contributed by atoms with Crippen LogP contribution in [0.1, 0.15) is 11.1 Å². The Labute approximate surface area is 210 Å². The molecule has 3 N–H and O–H groups in total. The molecule has 1 amide bonds. The molecule has 0 aliphatic carbocycles. The van der Waals surface area contributed by atoms with E-state index in [0.29, 0.717) is 23.1 Å². The topological polar surface area (TPSA) is 149 Å². The van der Waals surface area contributed by atoms with Crippen LogP contribution in [-0.4, -0.2) is 53.8 Å². The lowest BCUT2D eigenvalue weighted by atomic mass is 10.1. The van der Waals surface area contributed by atoms with Crippen molar-refractivity contribution < 1.29 is 19.5 Å². The van der Waals surface area contributed by atoms with E-state index in [0.717, 1.165) is 27.7 Å². The minimum absolute atomic E-state index is 0.0181. The molecule has 0 saturated heterocycles. The SMILES string of the molecule is Cc1cc(Nc2ncnc3ccc(/C=C/C(=O)NOCCO)cc23)ccc1Oc1cc2nncn2cn1. The van der Waals surface area contributed by atoms with Crippen LogP contribution in [0.5, 0.6) is 11.6 Å². The fourth-order valence-electron chi connectivity index (χ4n) is 3.51. The Morgan fingerprint density at radius 3 is 2.89 bits per heavy atom. The van der Waals surface area contributed by atoms with Crippen molar-refractivity contribution in [3.05, 3.63) is 78.6 Å². The van der Waals surface area contributed by atoms with Crippen LogP contribution in [-0.2, 0) is 9.63 Å². The Morgan fingerprint density at radius 1 is 1.11 bits per heavy atom. The number of carbonyl (C=O) groups is 1. The van der Waals surface area contributed by atoms with E-state index in [1.807, 2.05) is 43.3 Å². The van der Waals surface area contributed by atoms with Crippen molar-refractivity contribution in [2.45, 2.75) is 6.92 Å². The highest BCUT2D eigenvalue weighted by molar-refractivity contribution is 5.94. The van der Waals surface area contributed by atoms with Gasteiger partial charge in [0.2, 0.25) is 5.88 Å². The molecule has 5 aromatic rings. The van der Waals surface area contributed by atoms with E-state index in [1.54, 1.807) is 29.2 Å². The number of nitrogens with one attached hydrogen (secondary N) is 2. The van der Waals surface area contributed by atoms with Crippen LogP contribution >= 0.6 is 0 Å². The molecule has 0 saturated carbocycles. The summed E-state index contributed by atoms with van der Waals surface area (Å²) in [6.07, 6.45) is 7.64. The van der Waals surface area contributed by atoms with E-state index < -0.39 is 5.91 Å². The third-order valence-corrected chi connectivity index (χ3v) is 5.27. The van der Waals surface area contributed by atoms with Crippen LogP contribution in [0.25, 0.3) is 22.6 Å². The lowest BCUT2D eigenvalue weighted by Crippen LogP contribution is -2.22. The number of aliphatic hydroxyl groups excluding tert-OH is 1. The first-order chi connectivity index (χ1) is 18.1. The highest BCUT2D eigenvalue weighted by atomic mass is 16.7. The van der Waals surface area contributed by atoms with Crippen molar-refractivity contribution in [1.29, 1.82) is 0 Å². The smallest absolute Gasteiger partial charge is 0.267 e. The first-order valence-corrected chi connectivity index (χ1v) is 11.3. The maximum Gasteiger partial charge on any atom is 0.267 e. The van der Waals surface area contributed by atoms with Gasteiger partial charge in [-0.1, -0.05) is 6.07 Å². The molecular formula is C25H22N8O4. The molecule has 37 heavy (non-hydrogen) atoms. The highest BCUT2D eigenvalue weighted by Crippen LogP contribution is 2.29. The molecule has 2 aromatic carbocycles. The molecule has 3 aromatic heterocycles. The summed E-state index contributed by atoms with van der Waals surface area (Å²) in [5.41, 5.74) is 6.09. The molecule has 12 heteroatoms. The fourth-order valence-corrected chi connectivity index (χ4v) is 3.51. The number of ether oxygens (including phenoxy) is 1. The van der Waals surface area contributed by atoms with Crippen LogP contribution in [0, 0.1) is 6.92 Å². The van der Waals surface area contributed by atoms with Gasteiger partial charge in [-0.2, -0.15) is 0 Å². The largest absolute Gasteiger partial charge is 0.439 e. The summed E-state index contributed by atoms with van der Waals surface area (Å²) in [5, 5.41) is 20.7. The monoisotopic (exact) mass is 498 g/mol. The van der Waals surface area contributed by atoms with E-state index in [2.05, 4.69) is 35.9 Å². The number of nitrogens with zero attached hydrogens (tertiary/aromatic N) is 6. The van der Waals surface area contributed by atoms with Gasteiger partial charge in [-0.25, -0.2) is 20.4 Å². The summed E-state index contributed by atoms with van der Waals surface area (Å²) >= 11 is 0. The lowest BCUT2D eigenvalue weighted by molar-refractivity contribution is -0.129. The number of hydroxylamine groups is 1. The van der Waals surface area contributed by atoms with Gasteiger partial charge in [0.25, 0.3) is 5.91 Å². The number of anilines is 2. The zero-order valence-corrected chi connectivity index (χ0v) is 19.7. The van der Waals surface area contributed by atoms with Gasteiger partial charge < -0.3 is 15.2 Å². The molecule has 0 radical (unpaired) electrons. The summed E-state index contributed by atoms with van der Waals surface area (Å²) in [4.78, 5) is 29.6. The Kier molecular flexibility index (Phi) is 6.92. The summed E-state index contributed by atoms with van der Waals surface area (Å²) in [5.74, 6) is 1.25. The molecule has 0 aliphatic rings. The van der Waals surface area contributed by atoms with E-state index in [4.69, 9.17) is 14.7 Å². The molecule has 0 unspecified atom stereocenters. The summed E-state index contributed by atoms with van der Waals surface area (Å²) in [7, 11) is 0. The number of rotatable bonds is 9. The van der Waals surface area contributed by atoms with Crippen molar-refractivity contribution in [2.75, 3.05) is 18.5 Å². The molecule has 12 nitrogen and oxygen atoms in total. The number of aromatic nitrogens is 6. The zero-order chi connectivity index (χ0) is 25.6. The average Bonchev–Trinajstić information content (AvgIpc) is 3.37. The van der Waals surface area contributed by atoms with Gasteiger partial charge in [-0.15, -0.1) is 10.2 Å². The molecule has 186 valence electrons. The van der Waals surface area contributed by atoms with Crippen molar-refractivity contribution >= 4 is 40.0 Å². The number of aliphatic hydroxyl groups is 1. The normalized spacial score (nSPS) is 11.3. The van der Waals surface area contributed by atoms with Crippen molar-refractivity contribution in [3.8, 4) is 11.6 Å². The van der Waals surface area contributed by atoms with Gasteiger partial charge in [-0.3, -0.25) is 14.0 Å². The molecule has 5 rings (SSSR count). The van der Waals surface area contributed by atoms with E-state index in [9.17, 15) is 4.79 Å². The lowest BCUT2D eigenvalue weighted by Gasteiger charge is -2.12. The summed E-state index contributed by atoms with van der Waals surface area (Å²) in [6, 6.07) is 13.0. The number of fused-ring (bicyclic) bond motifs is 2. The van der Waals surface area contributed by atoms with Crippen molar-refractivity contribution in [2.24, 2.45) is 0 Å². The standard InChI is InChI=1S/C25H22N8O4/c1-16-10-18(4-6-21(16)37-24-12-22-31-29-15-33(22)14-28-24)30-25-19-11-17(2-5-20(19)26-13-27-25)3-7-23(35)32-36-9-8-34/h2-7,10-15,34H,8-9H2,1H3,(H,32,35)(H,26,27,30)/b7-3+. The van der Waals surface area contributed by atoms with Gasteiger partial charge in [0.1, 0.15) is 30.5 Å². The number of carbonyl (C=O) groups excluding carboxylic acids is 1. The predicted octanol–water partition coefficient (Wildman–Crippen LogP) is 2.97. The quantitative estimate of drug-likeness (QED) is 0.157. The molecule has 0 fully saturated rings. The minimum Gasteiger partial charge on any atom is -0.439 e. The third kappa shape index (κ3) is 5.66. The predicted molar refractivity (Wildman–Crippen MR) is 135 cm³/mol. The number of aryl methyl sites for hydroxylation is 1. The van der Waals surface area contributed by atoms with Gasteiger partial charge in [0, 0.05) is 23.2 Å². The summed E-state index contributed by atoms with van der Waals surface area (Å²) < 4.78 is 7.64. The maximum absolute atomic E-state index is 11.8. The Hall–Kier alpha value is -4.94. The minimum atomic E-state index is -0.439. The second-order valence-electron chi connectivity index (χ2n) is 7.90. The molecular weight excluding hydrogens is 476 g/mol. The third-order valence-electron chi connectivity index (χ3n) is 5.27. The van der Waals surface area contributed by atoms with Gasteiger partial charge >= 0.3 is 0 Å². The summed E-state index contributed by atoms with van der Waals surface area (Å²) in [6.45, 7) is 1.77. The molecule has 3 heterocycles. The van der Waals surface area contributed by atoms with Crippen molar-refractivity contribution in [3.63, 3.8) is 0 Å². The van der Waals surface area contributed by atoms with Crippen LogP contribution in [0.3, 0.4) is 0 Å². The molecule has 0 atom stereocenters. The molecule has 0 bridgehead atoms. The van der Waals surface area contributed by atoms with E-state index in [1.165, 1.54) is 12.4 Å². The van der Waals surface area contributed by atoms with Crippen LogP contribution in [0.4, 0.5) is 11.5 Å². The zero-order valence-electron chi connectivity index (χ0n) is 19.7. The Bertz CT molecular complexity index is 1600. The van der Waals surface area contributed by atoms with Gasteiger partial charge in [-0.05, 0) is 54.5 Å². The Balaban J connectivity index is 1.33. The molecule has 0 aliphatic heterocycles. The van der Waals surface area contributed by atoms with E-state index in [-0.39, 0.29) is 13.2 Å². The van der Waals surface area contributed by atoms with Crippen LogP contribution < -0.4 is 15.5 Å². The highest BCUT2D eigenvalue weighted by Gasteiger charge is 2.09. The van der Waals surface area contributed by atoms with Crippen LogP contribution in [0.15, 0.2) is 67.5 Å². The van der Waals surface area contributed by atoms with Gasteiger partial charge in [0.05, 0.1) is 18.7 Å². The Morgan fingerprint density at radius 2 is 2.03 bits per heavy atom. The second-order valence-corrected chi connectivity index (χ2v) is 7.90. The first-order valence-electron chi connectivity index (χ1n) is 11.3. The fraction of sp³-hybridized carbons (Fsp3) is 0.120. The number of hydrogen-bond acceptors (Lipinski definition) is 10. The van der Waals surface area contributed by atoms with Gasteiger partial charge in [0.15, 0.2) is 5.65 Å². The van der Waals surface area contributed by atoms with E-state index >= 15 is 0 Å². The first kappa shape index (κ1) is 23.8. The van der Waals surface area contributed by atoms with Crippen LogP contribution in [0.2, 0.25) is 0 Å². The number of amides is 1. The van der Waals surface area contributed by atoms with Crippen molar-refractivity contribution in [1.82, 2.24) is 35.0 Å². The maximum atomic E-state index is 11.8. The number of benzene rings is 2.